The molecule has 0 heterocycles. The monoisotopic (exact) mass is 645 g/mol. The zero-order valence-corrected chi connectivity index (χ0v) is 29.1. The number of rotatable bonds is 11. The molecule has 6 aromatic carbocycles. The first-order valence-electron chi connectivity index (χ1n) is 17.2. The second kappa shape index (κ2) is 16.8. The van der Waals surface area contributed by atoms with E-state index in [-0.39, 0.29) is 0 Å². The molecule has 0 saturated heterocycles. The van der Waals surface area contributed by atoms with Gasteiger partial charge in [-0.05, 0) is 90.6 Å². The Hall–Kier alpha value is -6.18. The van der Waals surface area contributed by atoms with Gasteiger partial charge in [-0.3, -0.25) is 0 Å². The topological polar surface area (TPSA) is 3.24 Å². The van der Waals surface area contributed by atoms with E-state index in [2.05, 4.69) is 232 Å². The molecule has 0 fully saturated rings. The van der Waals surface area contributed by atoms with Crippen LogP contribution in [-0.2, 0) is 0 Å². The third-order valence-corrected chi connectivity index (χ3v) is 8.43. The van der Waals surface area contributed by atoms with E-state index in [0.29, 0.717) is 0 Å². The molecule has 0 N–H and O–H groups in total. The molecular formula is C49H43N. The van der Waals surface area contributed by atoms with E-state index >= 15 is 0 Å². The fourth-order valence-electron chi connectivity index (χ4n) is 5.83. The first-order valence-corrected chi connectivity index (χ1v) is 17.2. The van der Waals surface area contributed by atoms with Gasteiger partial charge in [-0.2, -0.15) is 0 Å². The van der Waals surface area contributed by atoms with Gasteiger partial charge in [-0.25, -0.2) is 0 Å². The van der Waals surface area contributed by atoms with Crippen LogP contribution in [0.2, 0.25) is 0 Å². The largest absolute Gasteiger partial charge is 0.311 e. The van der Waals surface area contributed by atoms with Crippen LogP contribution < -0.4 is 4.90 Å². The van der Waals surface area contributed by atoms with Crippen LogP contribution in [0, 0.1) is 20.8 Å². The Bertz CT molecular complexity index is 2050. The van der Waals surface area contributed by atoms with Crippen LogP contribution in [0.15, 0.2) is 170 Å². The first-order chi connectivity index (χ1) is 24.5. The fourth-order valence-corrected chi connectivity index (χ4v) is 5.83. The van der Waals surface area contributed by atoms with E-state index in [1.165, 1.54) is 33.4 Å². The molecule has 0 spiro atoms. The molecule has 0 aliphatic heterocycles. The summed E-state index contributed by atoms with van der Waals surface area (Å²) in [4.78, 5) is 2.31. The van der Waals surface area contributed by atoms with E-state index in [9.17, 15) is 0 Å². The predicted molar refractivity (Wildman–Crippen MR) is 220 cm³/mol. The van der Waals surface area contributed by atoms with Crippen molar-refractivity contribution in [3.63, 3.8) is 0 Å². The summed E-state index contributed by atoms with van der Waals surface area (Å²) in [6.07, 6.45) is 21.3. The summed E-state index contributed by atoms with van der Waals surface area (Å²) in [6, 6.07) is 51.9. The van der Waals surface area contributed by atoms with Crippen LogP contribution in [0.4, 0.5) is 17.1 Å². The summed E-state index contributed by atoms with van der Waals surface area (Å²) < 4.78 is 0. The molecule has 0 radical (unpaired) electrons. The van der Waals surface area contributed by atoms with Crippen molar-refractivity contribution in [2.75, 3.05) is 4.90 Å². The van der Waals surface area contributed by atoms with Gasteiger partial charge in [0.2, 0.25) is 0 Å². The number of allylic oxidation sites excluding steroid dienone is 4. The third kappa shape index (κ3) is 9.69. The van der Waals surface area contributed by atoms with Gasteiger partial charge < -0.3 is 4.90 Å². The lowest BCUT2D eigenvalue weighted by Crippen LogP contribution is -2.09. The molecule has 1 nitrogen and oxygen atoms in total. The number of hydrogen-bond donors (Lipinski definition) is 0. The Balaban J connectivity index is 1.22. The summed E-state index contributed by atoms with van der Waals surface area (Å²) in [6.45, 7) is 6.36. The van der Waals surface area contributed by atoms with Crippen LogP contribution in [0.25, 0.3) is 36.5 Å². The van der Waals surface area contributed by atoms with Gasteiger partial charge in [0, 0.05) is 17.1 Å². The molecule has 6 aromatic rings. The molecule has 0 amide bonds. The molecular weight excluding hydrogens is 603 g/mol. The van der Waals surface area contributed by atoms with Gasteiger partial charge in [-0.15, -0.1) is 0 Å². The van der Waals surface area contributed by atoms with Gasteiger partial charge in [-0.1, -0.05) is 187 Å². The lowest BCUT2D eigenvalue weighted by atomic mass is 10.1. The number of nitrogens with zero attached hydrogens (tertiary/aromatic N) is 1. The number of aryl methyl sites for hydroxylation is 3. The first kappa shape index (κ1) is 33.7. The van der Waals surface area contributed by atoms with E-state index in [1.54, 1.807) is 0 Å². The van der Waals surface area contributed by atoms with Crippen LogP contribution in [-0.4, -0.2) is 0 Å². The minimum atomic E-state index is 1.10. The van der Waals surface area contributed by atoms with Crippen molar-refractivity contribution in [3.8, 4) is 0 Å². The number of benzene rings is 6. The zero-order chi connectivity index (χ0) is 34.5. The molecule has 1 heteroatoms. The quantitative estimate of drug-likeness (QED) is 0.100. The number of anilines is 3. The van der Waals surface area contributed by atoms with Crippen molar-refractivity contribution in [2.24, 2.45) is 0 Å². The van der Waals surface area contributed by atoms with Crippen LogP contribution in [0.1, 0.15) is 50.1 Å². The second-order valence-electron chi connectivity index (χ2n) is 12.6. The molecule has 0 bridgehead atoms. The third-order valence-electron chi connectivity index (χ3n) is 8.43. The van der Waals surface area contributed by atoms with Crippen LogP contribution >= 0.6 is 0 Å². The SMILES string of the molecule is Cc1cccc(/C=C/C=C/c2ccc(N(c3ccc(/C=C/C=C/c4cccc(C)c4)cc3)c3ccc(/C=C/c4cccc(C)c4)cc3)cc2)c1. The second-order valence-corrected chi connectivity index (χ2v) is 12.6. The smallest absolute Gasteiger partial charge is 0.0462 e. The van der Waals surface area contributed by atoms with Crippen molar-refractivity contribution >= 4 is 53.5 Å². The standard InChI is InChI=1S/C49H43N/c1-38-11-8-18-44(35-38)16-6-4-14-41-23-29-47(30-24-41)50(49-33-27-43(28-34-49)21-22-46-20-10-13-40(3)37-46)48-31-25-42(26-32-48)15-5-7-17-45-19-9-12-39(2)36-45/h4-37H,1-3H3/b14-4+,15-5+,16-6+,17-7+,22-21+. The van der Waals surface area contributed by atoms with Gasteiger partial charge >= 0.3 is 0 Å². The Kier molecular flexibility index (Phi) is 11.3. The molecule has 0 aromatic heterocycles. The van der Waals surface area contributed by atoms with Crippen LogP contribution in [0.5, 0.6) is 0 Å². The molecule has 0 aliphatic carbocycles. The predicted octanol–water partition coefficient (Wildman–Crippen LogP) is 13.7. The fraction of sp³-hybridized carbons (Fsp3) is 0.0612. The van der Waals surface area contributed by atoms with Gasteiger partial charge in [0.1, 0.15) is 0 Å². The van der Waals surface area contributed by atoms with Crippen LogP contribution in [0.3, 0.4) is 0 Å². The minimum Gasteiger partial charge on any atom is -0.311 e. The van der Waals surface area contributed by atoms with Crippen molar-refractivity contribution in [2.45, 2.75) is 20.8 Å². The Morgan fingerprint density at radius 1 is 0.300 bits per heavy atom. The lowest BCUT2D eigenvalue weighted by molar-refractivity contribution is 1.28. The summed E-state index contributed by atoms with van der Waals surface area (Å²) in [7, 11) is 0. The average molecular weight is 646 g/mol. The molecule has 0 atom stereocenters. The van der Waals surface area contributed by atoms with Gasteiger partial charge in [0.15, 0.2) is 0 Å². The highest BCUT2D eigenvalue weighted by molar-refractivity contribution is 5.79. The van der Waals surface area contributed by atoms with Crippen molar-refractivity contribution < 1.29 is 0 Å². The van der Waals surface area contributed by atoms with Gasteiger partial charge in [0.25, 0.3) is 0 Å². The highest BCUT2D eigenvalue weighted by atomic mass is 15.1. The lowest BCUT2D eigenvalue weighted by Gasteiger charge is -2.26. The Morgan fingerprint density at radius 3 is 0.920 bits per heavy atom. The van der Waals surface area contributed by atoms with E-state index in [0.717, 1.165) is 33.8 Å². The van der Waals surface area contributed by atoms with E-state index in [1.807, 2.05) is 0 Å². The molecule has 0 aliphatic rings. The molecule has 244 valence electrons. The summed E-state index contributed by atoms with van der Waals surface area (Å²) in [5.41, 5.74) is 14.2. The van der Waals surface area contributed by atoms with E-state index < -0.39 is 0 Å². The Morgan fingerprint density at radius 2 is 0.580 bits per heavy atom. The van der Waals surface area contributed by atoms with Crippen molar-refractivity contribution in [1.29, 1.82) is 0 Å². The highest BCUT2D eigenvalue weighted by Gasteiger charge is 2.12. The average Bonchev–Trinajstić information content (AvgIpc) is 3.13. The zero-order valence-electron chi connectivity index (χ0n) is 29.1. The summed E-state index contributed by atoms with van der Waals surface area (Å²) in [5, 5.41) is 0. The maximum atomic E-state index is 2.31. The van der Waals surface area contributed by atoms with Crippen molar-refractivity contribution in [1.82, 2.24) is 0 Å². The summed E-state index contributed by atoms with van der Waals surface area (Å²) >= 11 is 0. The summed E-state index contributed by atoms with van der Waals surface area (Å²) in [5.74, 6) is 0. The molecule has 0 saturated carbocycles. The van der Waals surface area contributed by atoms with Gasteiger partial charge in [0.05, 0.1) is 0 Å². The number of hydrogen-bond acceptors (Lipinski definition) is 1. The molecule has 0 unspecified atom stereocenters. The van der Waals surface area contributed by atoms with E-state index in [4.69, 9.17) is 0 Å². The molecule has 6 rings (SSSR count). The minimum absolute atomic E-state index is 1.10. The molecule has 50 heavy (non-hydrogen) atoms. The highest BCUT2D eigenvalue weighted by Crippen LogP contribution is 2.35. The normalized spacial score (nSPS) is 11.9. The maximum absolute atomic E-state index is 2.31. The van der Waals surface area contributed by atoms with Crippen molar-refractivity contribution in [3.05, 3.63) is 220 Å². The maximum Gasteiger partial charge on any atom is 0.0462 e. The Labute approximate surface area is 298 Å².